The first-order valence-corrected chi connectivity index (χ1v) is 7.22. The third kappa shape index (κ3) is 4.00. The molecule has 2 nitrogen and oxygen atoms in total. The van der Waals surface area contributed by atoms with Gasteiger partial charge in [0.15, 0.2) is 0 Å². The van der Waals surface area contributed by atoms with E-state index in [1.54, 1.807) is 6.21 Å². The molecule has 0 heterocycles. The summed E-state index contributed by atoms with van der Waals surface area (Å²) in [7, 11) is 0. The summed E-state index contributed by atoms with van der Waals surface area (Å²) < 4.78 is 5.36. The maximum Gasteiger partial charge on any atom is 0.514 e. The van der Waals surface area contributed by atoms with E-state index in [4.69, 9.17) is 4.65 Å². The van der Waals surface area contributed by atoms with Crippen LogP contribution >= 0.6 is 31.5 Å². The minimum Gasteiger partial charge on any atom is -0.541 e. The van der Waals surface area contributed by atoms with Crippen LogP contribution in [0, 0.1) is 0 Å². The van der Waals surface area contributed by atoms with Gasteiger partial charge in [-0.1, -0.05) is 61.8 Å². The van der Waals surface area contributed by atoms with Gasteiger partial charge >= 0.3 is 4.56 Å². The minimum absolute atomic E-state index is 0.212. The molecule has 0 unspecified atom stereocenters. The Morgan fingerprint density at radius 1 is 0.944 bits per heavy atom. The van der Waals surface area contributed by atoms with Crippen molar-refractivity contribution in [1.82, 2.24) is 0 Å². The van der Waals surface area contributed by atoms with Crippen molar-refractivity contribution < 1.29 is 4.65 Å². The van der Waals surface area contributed by atoms with Crippen LogP contribution in [0.15, 0.2) is 59.6 Å². The van der Waals surface area contributed by atoms with Crippen LogP contribution in [0.1, 0.15) is 5.56 Å². The Bertz CT molecular complexity index is 532. The third-order valence-electron chi connectivity index (χ3n) is 2.24. The number of hydrogen-bond donors (Lipinski definition) is 0. The molecule has 0 saturated heterocycles. The lowest BCUT2D eigenvalue weighted by Crippen LogP contribution is -2.05. The zero-order chi connectivity index (χ0) is 12.8. The van der Waals surface area contributed by atoms with Gasteiger partial charge < -0.3 is 4.65 Å². The highest BCUT2D eigenvalue weighted by atomic mass is 79.9. The van der Waals surface area contributed by atoms with E-state index < -0.39 is 0 Å². The second kappa shape index (κ2) is 6.76. The van der Waals surface area contributed by atoms with Gasteiger partial charge in [0.2, 0.25) is 0 Å². The Morgan fingerprint density at radius 3 is 2.33 bits per heavy atom. The standard InChI is InChI=1S/C13H10BBr2NO/c15-14(16)18-13-9-5-4-6-11(13)10-17-12-7-2-1-3-8-12/h1-10H. The van der Waals surface area contributed by atoms with Gasteiger partial charge in [-0.2, -0.15) is 0 Å². The molecule has 0 bridgehead atoms. The molecule has 90 valence electrons. The van der Waals surface area contributed by atoms with Crippen molar-refractivity contribution in [2.75, 3.05) is 0 Å². The molecular weight excluding hydrogens is 357 g/mol. The molecular formula is C13H10BBr2NO. The fraction of sp³-hybridized carbons (Fsp3) is 0. The SMILES string of the molecule is BrB(Br)Oc1ccccc1C=Nc1ccccc1. The van der Waals surface area contributed by atoms with E-state index in [1.807, 2.05) is 54.6 Å². The Kier molecular flexibility index (Phi) is 5.02. The average Bonchev–Trinajstić information content (AvgIpc) is 2.38. The van der Waals surface area contributed by atoms with Gasteiger partial charge in [-0.15, -0.1) is 0 Å². The van der Waals surface area contributed by atoms with Crippen molar-refractivity contribution in [2.24, 2.45) is 4.99 Å². The highest BCUT2D eigenvalue weighted by Crippen LogP contribution is 2.20. The summed E-state index contributed by atoms with van der Waals surface area (Å²) in [5, 5.41) is 0. The van der Waals surface area contributed by atoms with E-state index in [9.17, 15) is 0 Å². The van der Waals surface area contributed by atoms with E-state index >= 15 is 0 Å². The lowest BCUT2D eigenvalue weighted by atomic mass is 10.2. The lowest BCUT2D eigenvalue weighted by Gasteiger charge is -2.08. The molecule has 0 atom stereocenters. The fourth-order valence-electron chi connectivity index (χ4n) is 1.45. The van der Waals surface area contributed by atoms with Crippen molar-refractivity contribution in [3.8, 4) is 5.75 Å². The monoisotopic (exact) mass is 365 g/mol. The van der Waals surface area contributed by atoms with Crippen LogP contribution in [-0.4, -0.2) is 10.8 Å². The Labute approximate surface area is 123 Å². The Hall–Kier alpha value is -1.07. The van der Waals surface area contributed by atoms with Crippen LogP contribution in [0.3, 0.4) is 0 Å². The molecule has 2 aromatic carbocycles. The van der Waals surface area contributed by atoms with Crippen LogP contribution in [0.5, 0.6) is 5.75 Å². The van der Waals surface area contributed by atoms with E-state index in [0.29, 0.717) is 0 Å². The number of benzene rings is 2. The van der Waals surface area contributed by atoms with Crippen molar-refractivity contribution in [1.29, 1.82) is 0 Å². The summed E-state index contributed by atoms with van der Waals surface area (Å²) in [5.41, 5.74) is 1.85. The molecule has 0 saturated carbocycles. The van der Waals surface area contributed by atoms with Gasteiger partial charge in [0.25, 0.3) is 0 Å². The molecule has 0 radical (unpaired) electrons. The molecule has 0 aliphatic rings. The first-order valence-electron chi connectivity index (χ1n) is 5.38. The van der Waals surface area contributed by atoms with Crippen molar-refractivity contribution in [2.45, 2.75) is 0 Å². The number of halogens is 2. The summed E-state index contributed by atoms with van der Waals surface area (Å²) >= 11 is 6.58. The largest absolute Gasteiger partial charge is 0.541 e. The van der Waals surface area contributed by atoms with Crippen LogP contribution in [0.2, 0.25) is 0 Å². The predicted octanol–water partition coefficient (Wildman–Crippen LogP) is 4.59. The predicted molar refractivity (Wildman–Crippen MR) is 84.4 cm³/mol. The Morgan fingerprint density at radius 2 is 1.61 bits per heavy atom. The highest BCUT2D eigenvalue weighted by Gasteiger charge is 2.09. The van der Waals surface area contributed by atoms with E-state index in [-0.39, 0.29) is 4.56 Å². The van der Waals surface area contributed by atoms with Gasteiger partial charge in [-0.25, -0.2) is 0 Å². The number of nitrogens with zero attached hydrogens (tertiary/aromatic N) is 1. The Balaban J connectivity index is 2.21. The summed E-state index contributed by atoms with van der Waals surface area (Å²) in [6.45, 7) is 0. The summed E-state index contributed by atoms with van der Waals surface area (Å²) in [6.07, 6.45) is 1.80. The van der Waals surface area contributed by atoms with Crippen LogP contribution < -0.4 is 4.65 Å². The topological polar surface area (TPSA) is 21.6 Å². The van der Waals surface area contributed by atoms with Gasteiger partial charge in [0.05, 0.1) is 5.69 Å². The molecule has 0 amide bonds. The minimum atomic E-state index is -0.212. The van der Waals surface area contributed by atoms with Gasteiger partial charge in [-0.3, -0.25) is 4.99 Å². The first-order chi connectivity index (χ1) is 8.75. The fourth-order valence-corrected chi connectivity index (χ4v) is 1.85. The molecule has 0 fully saturated rings. The zero-order valence-corrected chi connectivity index (χ0v) is 12.6. The molecule has 5 heteroatoms. The van der Waals surface area contributed by atoms with Gasteiger partial charge in [-0.05, 0) is 24.3 Å². The van der Waals surface area contributed by atoms with Crippen LogP contribution in [0.4, 0.5) is 5.69 Å². The van der Waals surface area contributed by atoms with E-state index in [0.717, 1.165) is 17.0 Å². The molecule has 0 spiro atoms. The maximum atomic E-state index is 5.58. The number of hydrogen-bond acceptors (Lipinski definition) is 2. The third-order valence-corrected chi connectivity index (χ3v) is 2.62. The quantitative estimate of drug-likeness (QED) is 0.573. The normalized spacial score (nSPS) is 10.6. The maximum absolute atomic E-state index is 5.58. The average molecular weight is 367 g/mol. The molecule has 2 rings (SSSR count). The molecule has 0 aliphatic carbocycles. The van der Waals surface area contributed by atoms with Gasteiger partial charge in [0.1, 0.15) is 5.75 Å². The number of aliphatic imine (C=N–C) groups is 1. The molecule has 18 heavy (non-hydrogen) atoms. The lowest BCUT2D eigenvalue weighted by molar-refractivity contribution is 0.607. The summed E-state index contributed by atoms with van der Waals surface area (Å²) in [4.78, 5) is 4.41. The molecule has 0 aliphatic heterocycles. The van der Waals surface area contributed by atoms with Crippen molar-refractivity contribution in [3.63, 3.8) is 0 Å². The second-order valence-corrected chi connectivity index (χ2v) is 6.40. The summed E-state index contributed by atoms with van der Waals surface area (Å²) in [5.74, 6) is 0.774. The number of rotatable bonds is 4. The van der Waals surface area contributed by atoms with Crippen LogP contribution in [-0.2, 0) is 0 Å². The molecule has 0 aromatic heterocycles. The number of para-hydroxylation sites is 2. The van der Waals surface area contributed by atoms with Gasteiger partial charge in [0, 0.05) is 11.8 Å². The van der Waals surface area contributed by atoms with E-state index in [1.165, 1.54) is 0 Å². The molecule has 0 N–H and O–H groups in total. The van der Waals surface area contributed by atoms with Crippen LogP contribution in [0.25, 0.3) is 0 Å². The highest BCUT2D eigenvalue weighted by molar-refractivity contribution is 9.48. The first kappa shape index (κ1) is 13.4. The smallest absolute Gasteiger partial charge is 0.514 e. The molecule has 2 aromatic rings. The van der Waals surface area contributed by atoms with E-state index in [2.05, 4.69) is 36.5 Å². The summed E-state index contributed by atoms with van der Waals surface area (Å²) in [6, 6.07) is 17.6. The van der Waals surface area contributed by atoms with Crippen molar-refractivity contribution in [3.05, 3.63) is 60.2 Å². The van der Waals surface area contributed by atoms with Crippen molar-refractivity contribution >= 4 is 48.0 Å². The zero-order valence-electron chi connectivity index (χ0n) is 9.46. The second-order valence-electron chi connectivity index (χ2n) is 3.51.